The highest BCUT2D eigenvalue weighted by molar-refractivity contribution is 7.89. The first-order valence-electron chi connectivity index (χ1n) is 11.2. The standard InChI is InChI=1S/C21H45N2O2S/c1-4-5-6-7-8-9-10-11-12-13-14-15-21-26(24,25)22-17-16-19-23(2,3)20-18-22/h4-21H2,1-3H3/q+1. The van der Waals surface area contributed by atoms with E-state index in [1.54, 1.807) is 4.31 Å². The molecule has 0 aromatic carbocycles. The van der Waals surface area contributed by atoms with Gasteiger partial charge in [-0.25, -0.2) is 8.42 Å². The fourth-order valence-electron chi connectivity index (χ4n) is 3.81. The highest BCUT2D eigenvalue weighted by Crippen LogP contribution is 2.15. The van der Waals surface area contributed by atoms with E-state index in [-0.39, 0.29) is 0 Å². The van der Waals surface area contributed by atoms with Crippen LogP contribution in [0.4, 0.5) is 0 Å². The predicted molar refractivity (Wildman–Crippen MR) is 113 cm³/mol. The molecule has 1 aliphatic rings. The second-order valence-electron chi connectivity index (χ2n) is 8.84. The van der Waals surface area contributed by atoms with E-state index in [0.717, 1.165) is 36.8 Å². The van der Waals surface area contributed by atoms with Crippen molar-refractivity contribution in [2.45, 2.75) is 90.4 Å². The fourth-order valence-corrected chi connectivity index (χ4v) is 5.41. The number of nitrogens with zero attached hydrogens (tertiary/aromatic N) is 2. The summed E-state index contributed by atoms with van der Waals surface area (Å²) in [5, 5.41) is 0. The smallest absolute Gasteiger partial charge is 0.214 e. The Bertz CT molecular complexity index is 449. The number of hydrogen-bond acceptors (Lipinski definition) is 2. The van der Waals surface area contributed by atoms with Crippen LogP contribution in [0.1, 0.15) is 90.4 Å². The molecule has 4 nitrogen and oxygen atoms in total. The molecular weight excluding hydrogens is 344 g/mol. The lowest BCUT2D eigenvalue weighted by atomic mass is 10.1. The predicted octanol–water partition coefficient (Wildman–Crippen LogP) is 4.80. The van der Waals surface area contributed by atoms with Gasteiger partial charge in [0, 0.05) is 13.0 Å². The van der Waals surface area contributed by atoms with Gasteiger partial charge in [0.2, 0.25) is 10.0 Å². The van der Waals surface area contributed by atoms with Crippen LogP contribution in [-0.2, 0) is 10.0 Å². The van der Waals surface area contributed by atoms with Crippen LogP contribution in [0.15, 0.2) is 0 Å². The van der Waals surface area contributed by atoms with Crippen LogP contribution in [-0.4, -0.2) is 63.2 Å². The lowest BCUT2D eigenvalue weighted by Crippen LogP contribution is -2.43. The zero-order valence-corrected chi connectivity index (χ0v) is 18.7. The first-order chi connectivity index (χ1) is 12.4. The van der Waals surface area contributed by atoms with Crippen LogP contribution in [0.3, 0.4) is 0 Å². The van der Waals surface area contributed by atoms with Crippen molar-refractivity contribution in [3.05, 3.63) is 0 Å². The number of likely N-dealkylation sites (N-methyl/N-ethyl adjacent to an activating group) is 1. The summed E-state index contributed by atoms with van der Waals surface area (Å²) >= 11 is 0. The molecule has 0 aromatic rings. The Kier molecular flexibility index (Phi) is 12.1. The van der Waals surface area contributed by atoms with Gasteiger partial charge in [-0.15, -0.1) is 0 Å². The monoisotopic (exact) mass is 389 g/mol. The number of rotatable bonds is 14. The molecule has 0 bridgehead atoms. The molecule has 0 atom stereocenters. The molecule has 5 heteroatoms. The molecule has 156 valence electrons. The van der Waals surface area contributed by atoms with E-state index in [4.69, 9.17) is 0 Å². The Hall–Kier alpha value is -0.130. The summed E-state index contributed by atoms with van der Waals surface area (Å²) in [6, 6.07) is 0. The molecule has 0 unspecified atom stereocenters. The van der Waals surface area contributed by atoms with Gasteiger partial charge < -0.3 is 4.48 Å². The van der Waals surface area contributed by atoms with Gasteiger partial charge in [-0.3, -0.25) is 0 Å². The van der Waals surface area contributed by atoms with Crippen molar-refractivity contribution in [3.63, 3.8) is 0 Å². The Morgan fingerprint density at radius 1 is 0.731 bits per heavy atom. The van der Waals surface area contributed by atoms with Crippen molar-refractivity contribution in [3.8, 4) is 0 Å². The van der Waals surface area contributed by atoms with Gasteiger partial charge in [-0.1, -0.05) is 77.6 Å². The molecule has 0 saturated carbocycles. The van der Waals surface area contributed by atoms with Crippen LogP contribution in [0.25, 0.3) is 0 Å². The summed E-state index contributed by atoms with van der Waals surface area (Å²) in [4.78, 5) is 0. The van der Waals surface area contributed by atoms with E-state index in [1.165, 1.54) is 64.2 Å². The van der Waals surface area contributed by atoms with Crippen molar-refractivity contribution in [2.24, 2.45) is 0 Å². The van der Waals surface area contributed by atoms with E-state index in [1.807, 2.05) is 0 Å². The van der Waals surface area contributed by atoms with Crippen molar-refractivity contribution in [2.75, 3.05) is 46.0 Å². The first-order valence-corrected chi connectivity index (χ1v) is 12.8. The minimum absolute atomic E-state index is 0.345. The zero-order chi connectivity index (χ0) is 19.3. The van der Waals surface area contributed by atoms with E-state index >= 15 is 0 Å². The third-order valence-corrected chi connectivity index (χ3v) is 7.73. The minimum Gasteiger partial charge on any atom is -0.327 e. The molecule has 1 aliphatic heterocycles. The van der Waals surface area contributed by atoms with E-state index in [0.29, 0.717) is 18.8 Å². The highest BCUT2D eigenvalue weighted by atomic mass is 32.2. The summed E-state index contributed by atoms with van der Waals surface area (Å²) in [5.74, 6) is 0.345. The second-order valence-corrected chi connectivity index (χ2v) is 10.9. The van der Waals surface area contributed by atoms with Crippen LogP contribution >= 0.6 is 0 Å². The zero-order valence-electron chi connectivity index (χ0n) is 17.8. The molecule has 0 N–H and O–H groups in total. The largest absolute Gasteiger partial charge is 0.327 e. The van der Waals surface area contributed by atoms with Gasteiger partial charge in [-0.05, 0) is 6.42 Å². The summed E-state index contributed by atoms with van der Waals surface area (Å²) in [6.45, 7) is 5.66. The van der Waals surface area contributed by atoms with Gasteiger partial charge >= 0.3 is 0 Å². The molecule has 0 radical (unpaired) electrons. The van der Waals surface area contributed by atoms with Gasteiger partial charge in [0.15, 0.2) is 0 Å². The number of hydrogen-bond donors (Lipinski definition) is 0. The molecule has 26 heavy (non-hydrogen) atoms. The van der Waals surface area contributed by atoms with Gasteiger partial charge in [0.25, 0.3) is 0 Å². The third kappa shape index (κ3) is 10.9. The summed E-state index contributed by atoms with van der Waals surface area (Å²) in [6.07, 6.45) is 16.3. The molecule has 0 aromatic heterocycles. The maximum absolute atomic E-state index is 12.6. The van der Waals surface area contributed by atoms with Gasteiger partial charge in [0.05, 0.1) is 39.5 Å². The molecule has 1 saturated heterocycles. The number of quaternary nitrogens is 1. The Morgan fingerprint density at radius 3 is 1.77 bits per heavy atom. The number of unbranched alkanes of at least 4 members (excludes halogenated alkanes) is 11. The second kappa shape index (κ2) is 13.1. The van der Waals surface area contributed by atoms with E-state index in [9.17, 15) is 8.42 Å². The summed E-state index contributed by atoms with van der Waals surface area (Å²) in [5.41, 5.74) is 0. The molecule has 0 spiro atoms. The topological polar surface area (TPSA) is 37.4 Å². The fraction of sp³-hybridized carbons (Fsp3) is 1.00. The molecule has 1 rings (SSSR count). The first kappa shape index (κ1) is 23.9. The van der Waals surface area contributed by atoms with Crippen molar-refractivity contribution in [1.82, 2.24) is 4.31 Å². The maximum atomic E-state index is 12.6. The van der Waals surface area contributed by atoms with Crippen molar-refractivity contribution in [1.29, 1.82) is 0 Å². The van der Waals surface area contributed by atoms with E-state index < -0.39 is 10.0 Å². The molecular formula is C21H45N2O2S+. The third-order valence-electron chi connectivity index (χ3n) is 5.77. The van der Waals surface area contributed by atoms with E-state index in [2.05, 4.69) is 21.0 Å². The van der Waals surface area contributed by atoms with Crippen LogP contribution in [0, 0.1) is 0 Å². The molecule has 1 heterocycles. The van der Waals surface area contributed by atoms with Crippen LogP contribution in [0.5, 0.6) is 0 Å². The Balaban J connectivity index is 2.03. The van der Waals surface area contributed by atoms with Gasteiger partial charge in [0.1, 0.15) is 0 Å². The summed E-state index contributed by atoms with van der Waals surface area (Å²) in [7, 11) is 1.35. The lowest BCUT2D eigenvalue weighted by Gasteiger charge is -2.27. The van der Waals surface area contributed by atoms with Crippen molar-refractivity contribution < 1.29 is 12.9 Å². The minimum atomic E-state index is -3.05. The van der Waals surface area contributed by atoms with Crippen LogP contribution < -0.4 is 0 Å². The SMILES string of the molecule is CCCCCCCCCCCCCCS(=O)(=O)N1CCC[N+](C)(C)CC1. The highest BCUT2D eigenvalue weighted by Gasteiger charge is 2.28. The molecule has 1 fully saturated rings. The van der Waals surface area contributed by atoms with Crippen molar-refractivity contribution >= 4 is 10.0 Å². The average molecular weight is 390 g/mol. The Labute approximate surface area is 164 Å². The molecule has 0 amide bonds. The normalized spacial score (nSPS) is 18.7. The quantitative estimate of drug-likeness (QED) is 0.316. The average Bonchev–Trinajstić information content (AvgIpc) is 2.77. The molecule has 0 aliphatic carbocycles. The number of sulfonamides is 1. The van der Waals surface area contributed by atoms with Crippen LogP contribution in [0.2, 0.25) is 0 Å². The maximum Gasteiger partial charge on any atom is 0.214 e. The lowest BCUT2D eigenvalue weighted by molar-refractivity contribution is -0.888. The summed E-state index contributed by atoms with van der Waals surface area (Å²) < 4.78 is 27.8. The Morgan fingerprint density at radius 2 is 1.23 bits per heavy atom. The van der Waals surface area contributed by atoms with Gasteiger partial charge in [-0.2, -0.15) is 4.31 Å².